The second kappa shape index (κ2) is 12.3. The van der Waals surface area contributed by atoms with Crippen LogP contribution >= 0.6 is 0 Å². The van der Waals surface area contributed by atoms with Gasteiger partial charge in [-0.25, -0.2) is 0 Å². The van der Waals surface area contributed by atoms with Crippen LogP contribution in [0.15, 0.2) is 36.4 Å². The summed E-state index contributed by atoms with van der Waals surface area (Å²) in [4.78, 5) is 39.7. The minimum atomic E-state index is -0.151. The maximum absolute atomic E-state index is 12.3. The summed E-state index contributed by atoms with van der Waals surface area (Å²) < 4.78 is 22.5. The molecule has 2 fully saturated rings. The molecule has 3 aliphatic rings. The highest BCUT2D eigenvalue weighted by Crippen LogP contribution is 2.42. The summed E-state index contributed by atoms with van der Waals surface area (Å²) >= 11 is 0. The van der Waals surface area contributed by atoms with Crippen molar-refractivity contribution in [2.24, 2.45) is 11.8 Å². The van der Waals surface area contributed by atoms with Gasteiger partial charge in [-0.05, 0) is 61.1 Å². The van der Waals surface area contributed by atoms with Crippen LogP contribution in [0.5, 0.6) is 17.2 Å². The lowest BCUT2D eigenvalue weighted by Gasteiger charge is -2.30. The Morgan fingerprint density at radius 3 is 2.65 bits per heavy atom. The second-order valence-corrected chi connectivity index (χ2v) is 10.7. The molecule has 1 unspecified atom stereocenters. The van der Waals surface area contributed by atoms with Crippen molar-refractivity contribution in [3.05, 3.63) is 53.1 Å². The number of carbonyl (C=O) groups excluding carboxylic acids is 3. The zero-order chi connectivity index (χ0) is 28.2. The van der Waals surface area contributed by atoms with Gasteiger partial charge in [0.15, 0.2) is 11.5 Å². The summed E-state index contributed by atoms with van der Waals surface area (Å²) in [5.74, 6) is 1.94. The van der Waals surface area contributed by atoms with Gasteiger partial charge in [-0.2, -0.15) is 0 Å². The number of hydrogen-bond donors (Lipinski definition) is 0. The SMILES string of the molecule is CCOC(=O)[C@H]1C[C@H]1CN(Cc1ccc(OCCN2C(=O)CCC2=O)c(OC)c1)C(C)c1ccc2c(c1)CCO2. The molecule has 1 saturated heterocycles. The van der Waals surface area contributed by atoms with Crippen LogP contribution in [-0.4, -0.2) is 67.6 Å². The number of imide groups is 1. The molecule has 9 heteroatoms. The van der Waals surface area contributed by atoms with E-state index in [-0.39, 0.29) is 61.7 Å². The standard InChI is InChI=1S/C31H38N2O7/c1-4-38-31(36)25-17-24(25)19-32(20(2)22-6-8-26-23(16-22)11-13-39-26)18-21-5-7-27(28(15-21)37-3)40-14-12-33-29(34)9-10-30(33)35/h5-8,15-16,20,24-25H,4,9-14,17-19H2,1-3H3/t20?,24-,25-/m0/s1. The van der Waals surface area contributed by atoms with E-state index in [4.69, 9.17) is 18.9 Å². The third-order valence-electron chi connectivity index (χ3n) is 8.07. The summed E-state index contributed by atoms with van der Waals surface area (Å²) in [6, 6.07) is 12.4. The zero-order valence-electron chi connectivity index (χ0n) is 23.5. The van der Waals surface area contributed by atoms with Crippen LogP contribution in [-0.2, 0) is 32.1 Å². The molecule has 0 N–H and O–H groups in total. The van der Waals surface area contributed by atoms with Gasteiger partial charge < -0.3 is 18.9 Å². The van der Waals surface area contributed by atoms with Gasteiger partial charge >= 0.3 is 5.97 Å². The van der Waals surface area contributed by atoms with Gasteiger partial charge in [0.2, 0.25) is 11.8 Å². The van der Waals surface area contributed by atoms with E-state index >= 15 is 0 Å². The molecule has 5 rings (SSSR count). The van der Waals surface area contributed by atoms with Crippen LogP contribution in [0.2, 0.25) is 0 Å². The van der Waals surface area contributed by atoms with Crippen molar-refractivity contribution in [1.82, 2.24) is 9.80 Å². The average Bonchev–Trinajstić information content (AvgIpc) is 3.44. The molecule has 0 bridgehead atoms. The van der Waals surface area contributed by atoms with Gasteiger partial charge in [0.25, 0.3) is 0 Å². The lowest BCUT2D eigenvalue weighted by Crippen LogP contribution is -2.33. The number of ether oxygens (including phenoxy) is 4. The van der Waals surface area contributed by atoms with E-state index in [1.165, 1.54) is 16.0 Å². The van der Waals surface area contributed by atoms with Crippen molar-refractivity contribution in [1.29, 1.82) is 0 Å². The van der Waals surface area contributed by atoms with Crippen LogP contribution in [0.25, 0.3) is 0 Å². The molecule has 2 aromatic carbocycles. The Hall–Kier alpha value is -3.59. The van der Waals surface area contributed by atoms with Crippen molar-refractivity contribution >= 4 is 17.8 Å². The van der Waals surface area contributed by atoms with E-state index in [0.717, 1.165) is 37.3 Å². The second-order valence-electron chi connectivity index (χ2n) is 10.7. The predicted molar refractivity (Wildman–Crippen MR) is 147 cm³/mol. The van der Waals surface area contributed by atoms with Gasteiger partial charge in [0.1, 0.15) is 12.4 Å². The first-order valence-electron chi connectivity index (χ1n) is 14.2. The molecule has 0 radical (unpaired) electrons. The fourth-order valence-corrected chi connectivity index (χ4v) is 5.61. The van der Waals surface area contributed by atoms with Gasteiger partial charge in [-0.15, -0.1) is 0 Å². The topological polar surface area (TPSA) is 94.6 Å². The van der Waals surface area contributed by atoms with Crippen molar-refractivity contribution in [3.63, 3.8) is 0 Å². The number of esters is 1. The summed E-state index contributed by atoms with van der Waals surface area (Å²) in [6.07, 6.45) is 2.30. The zero-order valence-corrected chi connectivity index (χ0v) is 23.5. The normalized spacial score (nSPS) is 20.4. The van der Waals surface area contributed by atoms with Crippen molar-refractivity contribution < 1.29 is 33.3 Å². The van der Waals surface area contributed by atoms with E-state index < -0.39 is 0 Å². The van der Waals surface area contributed by atoms with E-state index in [1.54, 1.807) is 7.11 Å². The van der Waals surface area contributed by atoms with Crippen molar-refractivity contribution in [2.75, 3.05) is 40.0 Å². The van der Waals surface area contributed by atoms with Gasteiger partial charge in [0.05, 0.1) is 32.8 Å². The van der Waals surface area contributed by atoms with E-state index in [0.29, 0.717) is 24.7 Å². The van der Waals surface area contributed by atoms with Crippen LogP contribution in [0.3, 0.4) is 0 Å². The number of methoxy groups -OCH3 is 1. The van der Waals surface area contributed by atoms with Gasteiger partial charge in [0, 0.05) is 38.4 Å². The Labute approximate surface area is 235 Å². The predicted octanol–water partition coefficient (Wildman–Crippen LogP) is 3.92. The molecule has 2 amide bonds. The van der Waals surface area contributed by atoms with Gasteiger partial charge in [-0.3, -0.25) is 24.2 Å². The maximum Gasteiger partial charge on any atom is 0.309 e. The Kier molecular flexibility index (Phi) is 8.59. The third-order valence-corrected chi connectivity index (χ3v) is 8.07. The van der Waals surface area contributed by atoms with Gasteiger partial charge in [-0.1, -0.05) is 18.2 Å². The molecule has 0 aromatic heterocycles. The number of fused-ring (bicyclic) bond motifs is 1. The first-order chi connectivity index (χ1) is 19.4. The molecule has 214 valence electrons. The fourth-order valence-electron chi connectivity index (χ4n) is 5.61. The number of rotatable bonds is 13. The Balaban J connectivity index is 1.28. The smallest absolute Gasteiger partial charge is 0.309 e. The molecule has 2 aliphatic heterocycles. The summed E-state index contributed by atoms with van der Waals surface area (Å²) in [7, 11) is 1.60. The largest absolute Gasteiger partial charge is 0.493 e. The molecule has 1 saturated carbocycles. The summed E-state index contributed by atoms with van der Waals surface area (Å²) in [5.41, 5.74) is 3.51. The molecule has 2 aromatic rings. The highest BCUT2D eigenvalue weighted by atomic mass is 16.5. The molecular formula is C31H38N2O7. The van der Waals surface area contributed by atoms with E-state index in [2.05, 4.69) is 30.0 Å². The minimum Gasteiger partial charge on any atom is -0.493 e. The molecule has 3 atom stereocenters. The molecule has 2 heterocycles. The molecule has 1 aliphatic carbocycles. The highest BCUT2D eigenvalue weighted by molar-refractivity contribution is 6.01. The number of amides is 2. The molecule has 9 nitrogen and oxygen atoms in total. The highest BCUT2D eigenvalue weighted by Gasteiger charge is 2.45. The molecular weight excluding hydrogens is 512 g/mol. The van der Waals surface area contributed by atoms with Crippen molar-refractivity contribution in [3.8, 4) is 17.2 Å². The van der Waals surface area contributed by atoms with E-state index in [1.807, 2.05) is 25.1 Å². The minimum absolute atomic E-state index is 0.0391. The first-order valence-corrected chi connectivity index (χ1v) is 14.2. The third kappa shape index (κ3) is 6.25. The monoisotopic (exact) mass is 550 g/mol. The van der Waals surface area contributed by atoms with Crippen molar-refractivity contribution in [2.45, 2.75) is 52.1 Å². The molecule has 40 heavy (non-hydrogen) atoms. The molecule has 0 spiro atoms. The quantitative estimate of drug-likeness (QED) is 0.274. The average molecular weight is 551 g/mol. The maximum atomic E-state index is 12.3. The number of carbonyl (C=O) groups is 3. The Morgan fingerprint density at radius 1 is 1.10 bits per heavy atom. The van der Waals surface area contributed by atoms with Crippen LogP contribution in [0.4, 0.5) is 0 Å². The summed E-state index contributed by atoms with van der Waals surface area (Å²) in [5, 5.41) is 0. The van der Waals surface area contributed by atoms with Crippen LogP contribution < -0.4 is 14.2 Å². The van der Waals surface area contributed by atoms with E-state index in [9.17, 15) is 14.4 Å². The number of benzene rings is 2. The van der Waals surface area contributed by atoms with Crippen LogP contribution in [0.1, 0.15) is 55.8 Å². The fraction of sp³-hybridized carbons (Fsp3) is 0.516. The van der Waals surface area contributed by atoms with Crippen LogP contribution in [0, 0.1) is 11.8 Å². The number of nitrogens with zero attached hydrogens (tertiary/aromatic N) is 2. The number of hydrogen-bond acceptors (Lipinski definition) is 8. The summed E-state index contributed by atoms with van der Waals surface area (Å²) in [6.45, 7) is 7.03. The first kappa shape index (κ1) is 28.0. The lowest BCUT2D eigenvalue weighted by molar-refractivity contribution is -0.145. The lowest BCUT2D eigenvalue weighted by atomic mass is 10.0. The Morgan fingerprint density at radius 2 is 1.90 bits per heavy atom. The Bertz CT molecular complexity index is 1250. The number of likely N-dealkylation sites (tertiary alicyclic amines) is 1.